The molecule has 0 radical (unpaired) electrons. The van der Waals surface area contributed by atoms with Gasteiger partial charge in [-0.05, 0) is 6.07 Å². The van der Waals surface area contributed by atoms with Crippen LogP contribution >= 0.6 is 11.6 Å². The van der Waals surface area contributed by atoms with Crippen molar-refractivity contribution in [2.45, 2.75) is 0 Å². The summed E-state index contributed by atoms with van der Waals surface area (Å²) in [6.07, 6.45) is 2.93. The molecule has 0 aliphatic carbocycles. The minimum Gasteiger partial charge on any atom is -0.327 e. The zero-order valence-corrected chi connectivity index (χ0v) is 12.4. The van der Waals surface area contributed by atoms with Crippen molar-refractivity contribution in [3.05, 3.63) is 58.6 Å². The molecule has 1 rings (SSSR count). The van der Waals surface area contributed by atoms with E-state index in [9.17, 15) is 19.7 Å². The number of hydrogen-bond acceptors (Lipinski definition) is 4. The predicted octanol–water partition coefficient (Wildman–Crippen LogP) is 2.39. The summed E-state index contributed by atoms with van der Waals surface area (Å²) >= 11 is 5.86. The lowest BCUT2D eigenvalue weighted by molar-refractivity contribution is -0.384. The monoisotopic (exact) mass is 323 g/mol. The highest BCUT2D eigenvalue weighted by molar-refractivity contribution is 6.41. The number of carbonyl (C=O) groups is 2. The van der Waals surface area contributed by atoms with Gasteiger partial charge in [-0.1, -0.05) is 23.8 Å². The minimum atomic E-state index is -0.953. The Bertz CT molecular complexity index is 621. The van der Waals surface area contributed by atoms with Crippen LogP contribution < -0.4 is 5.32 Å². The van der Waals surface area contributed by atoms with Gasteiger partial charge in [0.25, 0.3) is 5.69 Å². The Balaban J connectivity index is 2.93. The highest BCUT2D eigenvalue weighted by Crippen LogP contribution is 2.26. The number of anilines is 1. The molecule has 0 saturated carbocycles. The second-order valence-electron chi connectivity index (χ2n) is 4.16. The van der Waals surface area contributed by atoms with E-state index in [0.29, 0.717) is 0 Å². The summed E-state index contributed by atoms with van der Waals surface area (Å²) < 4.78 is 0. The summed E-state index contributed by atoms with van der Waals surface area (Å²) in [4.78, 5) is 35.2. The molecule has 0 fully saturated rings. The molecule has 2 amide bonds. The highest BCUT2D eigenvalue weighted by atomic mass is 35.5. The smallest absolute Gasteiger partial charge is 0.313 e. The number of nitro groups is 1. The van der Waals surface area contributed by atoms with E-state index < -0.39 is 16.7 Å². The summed E-state index contributed by atoms with van der Waals surface area (Å²) in [6.45, 7) is 7.33. The average Bonchev–Trinajstić information content (AvgIpc) is 2.48. The maximum atomic E-state index is 12.0. The topological polar surface area (TPSA) is 92.6 Å². The van der Waals surface area contributed by atoms with E-state index in [-0.39, 0.29) is 29.5 Å². The molecular weight excluding hydrogens is 310 g/mol. The van der Waals surface area contributed by atoms with Crippen LogP contribution in [0.2, 0.25) is 5.02 Å². The van der Waals surface area contributed by atoms with E-state index >= 15 is 0 Å². The van der Waals surface area contributed by atoms with Crippen molar-refractivity contribution in [3.8, 4) is 0 Å². The molecule has 0 aliphatic rings. The van der Waals surface area contributed by atoms with Crippen LogP contribution in [0.15, 0.2) is 43.5 Å². The molecule has 0 unspecified atom stereocenters. The lowest BCUT2D eigenvalue weighted by Gasteiger charge is -2.18. The number of rotatable bonds is 6. The largest absolute Gasteiger partial charge is 0.327 e. The Hall–Kier alpha value is -2.67. The third kappa shape index (κ3) is 4.42. The van der Waals surface area contributed by atoms with Gasteiger partial charge in [-0.3, -0.25) is 19.7 Å². The van der Waals surface area contributed by atoms with Gasteiger partial charge in [0.05, 0.1) is 15.6 Å². The minimum absolute atomic E-state index is 0.00799. The molecule has 1 N–H and O–H groups in total. The molecule has 0 bridgehead atoms. The first kappa shape index (κ1) is 17.4. The molecular formula is C14H14ClN3O4. The van der Waals surface area contributed by atoms with E-state index in [0.717, 1.165) is 6.07 Å². The number of benzene rings is 1. The van der Waals surface area contributed by atoms with Crippen molar-refractivity contribution in [1.29, 1.82) is 0 Å². The Kier molecular flexibility index (Phi) is 6.27. The van der Waals surface area contributed by atoms with E-state index in [4.69, 9.17) is 11.6 Å². The quantitative estimate of drug-likeness (QED) is 0.376. The number of non-ortho nitro benzene ring substituents is 1. The standard InChI is InChI=1S/C14H14ClN3O4/c1-3-7-17(8-4-2)14(20)13(19)16-12-9-10(18(21)22)5-6-11(12)15/h3-6,9H,1-2,7-8H2,(H,16,19). The highest BCUT2D eigenvalue weighted by Gasteiger charge is 2.21. The molecule has 0 spiro atoms. The van der Waals surface area contributed by atoms with Crippen LogP contribution in [0.3, 0.4) is 0 Å². The number of amides is 2. The van der Waals surface area contributed by atoms with E-state index in [2.05, 4.69) is 18.5 Å². The molecule has 22 heavy (non-hydrogen) atoms. The first-order valence-corrected chi connectivity index (χ1v) is 6.54. The molecule has 8 heteroatoms. The fourth-order valence-electron chi connectivity index (χ4n) is 1.59. The van der Waals surface area contributed by atoms with Crippen LogP contribution in [-0.4, -0.2) is 34.7 Å². The number of nitrogens with zero attached hydrogens (tertiary/aromatic N) is 2. The van der Waals surface area contributed by atoms with Crippen LogP contribution in [-0.2, 0) is 9.59 Å². The summed E-state index contributed by atoms with van der Waals surface area (Å²) in [5.41, 5.74) is -0.257. The Morgan fingerprint density at radius 2 is 1.91 bits per heavy atom. The third-order valence-corrected chi connectivity index (χ3v) is 2.92. The van der Waals surface area contributed by atoms with Gasteiger partial charge in [0, 0.05) is 25.2 Å². The van der Waals surface area contributed by atoms with Gasteiger partial charge in [-0.25, -0.2) is 0 Å². The molecule has 0 aliphatic heterocycles. The molecule has 0 atom stereocenters. The van der Waals surface area contributed by atoms with Gasteiger partial charge in [0.1, 0.15) is 0 Å². The van der Waals surface area contributed by atoms with E-state index in [1.165, 1.54) is 29.2 Å². The van der Waals surface area contributed by atoms with Crippen LogP contribution in [0.1, 0.15) is 0 Å². The Morgan fingerprint density at radius 3 is 2.41 bits per heavy atom. The van der Waals surface area contributed by atoms with Crippen molar-refractivity contribution in [3.63, 3.8) is 0 Å². The van der Waals surface area contributed by atoms with Crippen molar-refractivity contribution in [2.75, 3.05) is 18.4 Å². The number of nitro benzene ring substituents is 1. The number of hydrogen-bond donors (Lipinski definition) is 1. The Labute approximate surface area is 132 Å². The van der Waals surface area contributed by atoms with Crippen LogP contribution in [0.4, 0.5) is 11.4 Å². The SMILES string of the molecule is C=CCN(CC=C)C(=O)C(=O)Nc1cc([N+](=O)[O-])ccc1Cl. The predicted molar refractivity (Wildman–Crippen MR) is 83.7 cm³/mol. The van der Waals surface area contributed by atoms with Crippen molar-refractivity contribution in [2.24, 2.45) is 0 Å². The second-order valence-corrected chi connectivity index (χ2v) is 4.57. The summed E-state index contributed by atoms with van der Waals surface area (Å²) in [5.74, 6) is -1.77. The van der Waals surface area contributed by atoms with Crippen molar-refractivity contribution < 1.29 is 14.5 Å². The molecule has 0 heterocycles. The molecule has 7 nitrogen and oxygen atoms in total. The fraction of sp³-hybridized carbons (Fsp3) is 0.143. The van der Waals surface area contributed by atoms with Gasteiger partial charge in [0.15, 0.2) is 0 Å². The normalized spacial score (nSPS) is 9.68. The number of nitrogens with one attached hydrogen (secondary N) is 1. The first-order valence-electron chi connectivity index (χ1n) is 6.16. The van der Waals surface area contributed by atoms with Crippen LogP contribution in [0.5, 0.6) is 0 Å². The zero-order chi connectivity index (χ0) is 16.7. The summed E-state index contributed by atoms with van der Waals surface area (Å²) in [7, 11) is 0. The van der Waals surface area contributed by atoms with Crippen LogP contribution in [0.25, 0.3) is 0 Å². The van der Waals surface area contributed by atoms with Gasteiger partial charge < -0.3 is 10.2 Å². The lowest BCUT2D eigenvalue weighted by Crippen LogP contribution is -2.39. The molecule has 1 aromatic rings. The Morgan fingerprint density at radius 1 is 1.32 bits per heavy atom. The van der Waals surface area contributed by atoms with Gasteiger partial charge >= 0.3 is 11.8 Å². The molecule has 116 valence electrons. The third-order valence-electron chi connectivity index (χ3n) is 2.59. The summed E-state index contributed by atoms with van der Waals surface area (Å²) in [6, 6.07) is 3.55. The zero-order valence-electron chi connectivity index (χ0n) is 11.6. The van der Waals surface area contributed by atoms with E-state index in [1.807, 2.05) is 0 Å². The van der Waals surface area contributed by atoms with E-state index in [1.54, 1.807) is 0 Å². The lowest BCUT2D eigenvalue weighted by atomic mass is 10.2. The number of halogens is 1. The summed E-state index contributed by atoms with van der Waals surface area (Å²) in [5, 5.41) is 13.1. The van der Waals surface area contributed by atoms with Gasteiger partial charge in [0.2, 0.25) is 0 Å². The molecule has 1 aromatic carbocycles. The van der Waals surface area contributed by atoms with Gasteiger partial charge in [-0.15, -0.1) is 13.2 Å². The fourth-order valence-corrected chi connectivity index (χ4v) is 1.76. The second kappa shape index (κ2) is 7.94. The van der Waals surface area contributed by atoms with Crippen molar-refractivity contribution >= 4 is 34.8 Å². The molecule has 0 saturated heterocycles. The maximum Gasteiger partial charge on any atom is 0.313 e. The molecule has 0 aromatic heterocycles. The number of carbonyl (C=O) groups excluding carboxylic acids is 2. The first-order chi connectivity index (χ1) is 10.4. The van der Waals surface area contributed by atoms with Crippen molar-refractivity contribution in [1.82, 2.24) is 4.90 Å². The average molecular weight is 324 g/mol. The van der Waals surface area contributed by atoms with Crippen LogP contribution in [0, 0.1) is 10.1 Å². The van der Waals surface area contributed by atoms with Gasteiger partial charge in [-0.2, -0.15) is 0 Å². The maximum absolute atomic E-state index is 12.0.